The Morgan fingerprint density at radius 3 is 2.27 bits per heavy atom. The van der Waals surface area contributed by atoms with Crippen molar-refractivity contribution in [3.05, 3.63) is 0 Å². The van der Waals surface area contributed by atoms with E-state index in [2.05, 4.69) is 38.5 Å². The van der Waals surface area contributed by atoms with Crippen LogP contribution in [0, 0.1) is 11.8 Å². The van der Waals surface area contributed by atoms with E-state index in [1.165, 1.54) is 38.6 Å². The Balaban J connectivity index is 0.000000401. The lowest BCUT2D eigenvalue weighted by Gasteiger charge is -2.27. The third kappa shape index (κ3) is 12.4. The molecule has 0 radical (unpaired) electrons. The molecule has 0 amide bonds. The van der Waals surface area contributed by atoms with Gasteiger partial charge in [-0.2, -0.15) is 0 Å². The Morgan fingerprint density at radius 2 is 1.73 bits per heavy atom. The van der Waals surface area contributed by atoms with Gasteiger partial charge in [0.1, 0.15) is 0 Å². The largest absolute Gasteiger partial charge is 0.382 e. The van der Waals surface area contributed by atoms with Gasteiger partial charge in [0.05, 0.1) is 19.3 Å². The number of ether oxygens (including phenoxy) is 2. The lowest BCUT2D eigenvalue weighted by molar-refractivity contribution is 0.0270. The topological polar surface area (TPSA) is 42.5 Å². The quantitative estimate of drug-likeness (QED) is 0.608. The van der Waals surface area contributed by atoms with Crippen LogP contribution >= 0.6 is 0 Å². The third-order valence-corrected chi connectivity index (χ3v) is 4.35. The molecule has 0 aromatic heterocycles. The molecule has 1 aliphatic carbocycles. The highest BCUT2D eigenvalue weighted by atomic mass is 16.5. The molecule has 0 saturated heterocycles. The molecular weight excluding hydrogens is 276 g/mol. The van der Waals surface area contributed by atoms with Crippen LogP contribution < -0.4 is 10.6 Å². The van der Waals surface area contributed by atoms with Crippen molar-refractivity contribution in [2.24, 2.45) is 11.8 Å². The van der Waals surface area contributed by atoms with Crippen molar-refractivity contribution in [1.82, 2.24) is 10.6 Å². The van der Waals surface area contributed by atoms with Crippen LogP contribution in [0.5, 0.6) is 0 Å². The molecular formula is C18H40N2O2. The molecule has 0 spiro atoms. The SMILES string of the molecule is CCNCC(C)OCCOC.CNCC(C)C1CCCCC1. The highest BCUT2D eigenvalue weighted by molar-refractivity contribution is 4.71. The van der Waals surface area contributed by atoms with E-state index >= 15 is 0 Å². The molecule has 2 unspecified atom stereocenters. The monoisotopic (exact) mass is 316 g/mol. The lowest BCUT2D eigenvalue weighted by atomic mass is 9.81. The van der Waals surface area contributed by atoms with Gasteiger partial charge in [-0.15, -0.1) is 0 Å². The Morgan fingerprint density at radius 1 is 1.05 bits per heavy atom. The fraction of sp³-hybridized carbons (Fsp3) is 1.00. The van der Waals surface area contributed by atoms with Crippen LogP contribution in [0.15, 0.2) is 0 Å². The van der Waals surface area contributed by atoms with E-state index in [1.807, 2.05) is 0 Å². The first kappa shape index (κ1) is 21.8. The average Bonchev–Trinajstić information content (AvgIpc) is 2.55. The summed E-state index contributed by atoms with van der Waals surface area (Å²) in [5.41, 5.74) is 0. The van der Waals surface area contributed by atoms with Crippen LogP contribution in [-0.4, -0.2) is 53.1 Å². The van der Waals surface area contributed by atoms with Crippen molar-refractivity contribution in [3.8, 4) is 0 Å². The van der Waals surface area contributed by atoms with Gasteiger partial charge in [0.25, 0.3) is 0 Å². The molecule has 1 saturated carbocycles. The maximum absolute atomic E-state index is 5.40. The number of rotatable bonds is 10. The predicted octanol–water partition coefficient (Wildman–Crippen LogP) is 3.07. The van der Waals surface area contributed by atoms with E-state index in [0.29, 0.717) is 13.2 Å². The average molecular weight is 317 g/mol. The number of hydrogen-bond acceptors (Lipinski definition) is 4. The second-order valence-corrected chi connectivity index (χ2v) is 6.41. The van der Waals surface area contributed by atoms with Crippen molar-refractivity contribution < 1.29 is 9.47 Å². The molecule has 1 rings (SSSR count). The maximum Gasteiger partial charge on any atom is 0.0704 e. The van der Waals surface area contributed by atoms with Crippen molar-refractivity contribution in [1.29, 1.82) is 0 Å². The van der Waals surface area contributed by atoms with Gasteiger partial charge < -0.3 is 20.1 Å². The number of likely N-dealkylation sites (N-methyl/N-ethyl adjacent to an activating group) is 1. The minimum absolute atomic E-state index is 0.282. The fourth-order valence-electron chi connectivity index (χ4n) is 2.93. The van der Waals surface area contributed by atoms with Gasteiger partial charge in [-0.3, -0.25) is 0 Å². The van der Waals surface area contributed by atoms with Crippen LogP contribution in [0.3, 0.4) is 0 Å². The van der Waals surface area contributed by atoms with Gasteiger partial charge in [0, 0.05) is 13.7 Å². The Kier molecular flexibility index (Phi) is 15.6. The number of hydrogen-bond donors (Lipinski definition) is 2. The van der Waals surface area contributed by atoms with Crippen molar-refractivity contribution in [3.63, 3.8) is 0 Å². The molecule has 0 aromatic carbocycles. The van der Waals surface area contributed by atoms with Gasteiger partial charge in [-0.1, -0.05) is 46.0 Å². The number of methoxy groups -OCH3 is 1. The molecule has 0 aliphatic heterocycles. The molecule has 2 atom stereocenters. The van der Waals surface area contributed by atoms with Gasteiger partial charge in [0.2, 0.25) is 0 Å². The van der Waals surface area contributed by atoms with E-state index in [4.69, 9.17) is 9.47 Å². The zero-order valence-electron chi connectivity index (χ0n) is 15.6. The molecule has 134 valence electrons. The highest BCUT2D eigenvalue weighted by Gasteiger charge is 2.18. The summed E-state index contributed by atoms with van der Waals surface area (Å²) in [7, 11) is 3.73. The highest BCUT2D eigenvalue weighted by Crippen LogP contribution is 2.29. The Bertz CT molecular complexity index is 221. The zero-order valence-corrected chi connectivity index (χ0v) is 15.6. The smallest absolute Gasteiger partial charge is 0.0704 e. The molecule has 22 heavy (non-hydrogen) atoms. The van der Waals surface area contributed by atoms with Gasteiger partial charge in [-0.05, 0) is 38.9 Å². The summed E-state index contributed by atoms with van der Waals surface area (Å²) in [6, 6.07) is 0. The fourth-order valence-corrected chi connectivity index (χ4v) is 2.93. The first-order chi connectivity index (χ1) is 10.7. The Hall–Kier alpha value is -0.160. The summed E-state index contributed by atoms with van der Waals surface area (Å²) in [6.07, 6.45) is 7.65. The van der Waals surface area contributed by atoms with Crippen LogP contribution in [0.2, 0.25) is 0 Å². The van der Waals surface area contributed by atoms with Gasteiger partial charge in [0.15, 0.2) is 0 Å². The summed E-state index contributed by atoms with van der Waals surface area (Å²) in [5, 5.41) is 6.47. The molecule has 0 bridgehead atoms. The molecule has 4 nitrogen and oxygen atoms in total. The van der Waals surface area contributed by atoms with Crippen molar-refractivity contribution in [2.75, 3.05) is 47.0 Å². The molecule has 2 N–H and O–H groups in total. The van der Waals surface area contributed by atoms with E-state index < -0.39 is 0 Å². The first-order valence-corrected chi connectivity index (χ1v) is 9.11. The van der Waals surface area contributed by atoms with Crippen molar-refractivity contribution in [2.45, 2.75) is 59.0 Å². The third-order valence-electron chi connectivity index (χ3n) is 4.35. The molecule has 4 heteroatoms. The normalized spacial score (nSPS) is 18.4. The summed E-state index contributed by atoms with van der Waals surface area (Å²) in [4.78, 5) is 0. The van der Waals surface area contributed by atoms with Gasteiger partial charge in [-0.25, -0.2) is 0 Å². The van der Waals surface area contributed by atoms with E-state index in [1.54, 1.807) is 7.11 Å². The van der Waals surface area contributed by atoms with Crippen LogP contribution in [-0.2, 0) is 9.47 Å². The molecule has 0 aromatic rings. The second-order valence-electron chi connectivity index (χ2n) is 6.41. The standard InChI is InChI=1S/C10H21N.C8H19NO2/c1-9(8-11-2)10-6-4-3-5-7-10;1-4-9-7-8(2)11-6-5-10-3/h9-11H,3-8H2,1-2H3;8-9H,4-7H2,1-3H3. The van der Waals surface area contributed by atoms with E-state index in [9.17, 15) is 0 Å². The molecule has 1 aliphatic rings. The maximum atomic E-state index is 5.40. The zero-order chi connectivity index (χ0) is 16.6. The van der Waals surface area contributed by atoms with E-state index in [-0.39, 0.29) is 6.10 Å². The summed E-state index contributed by atoms with van der Waals surface area (Å²) < 4.78 is 10.2. The predicted molar refractivity (Wildman–Crippen MR) is 95.5 cm³/mol. The Labute approximate surface area is 138 Å². The molecule has 1 fully saturated rings. The van der Waals surface area contributed by atoms with E-state index in [0.717, 1.165) is 24.9 Å². The second kappa shape index (κ2) is 15.7. The minimum Gasteiger partial charge on any atom is -0.382 e. The summed E-state index contributed by atoms with van der Waals surface area (Å²) >= 11 is 0. The molecule has 0 heterocycles. The van der Waals surface area contributed by atoms with Crippen LogP contribution in [0.4, 0.5) is 0 Å². The summed E-state index contributed by atoms with van der Waals surface area (Å²) in [6.45, 7) is 11.0. The van der Waals surface area contributed by atoms with Crippen LogP contribution in [0.1, 0.15) is 52.9 Å². The minimum atomic E-state index is 0.282. The van der Waals surface area contributed by atoms with Crippen molar-refractivity contribution >= 4 is 0 Å². The number of nitrogens with one attached hydrogen (secondary N) is 2. The van der Waals surface area contributed by atoms with Crippen LogP contribution in [0.25, 0.3) is 0 Å². The van der Waals surface area contributed by atoms with Gasteiger partial charge >= 0.3 is 0 Å². The summed E-state index contributed by atoms with van der Waals surface area (Å²) in [5.74, 6) is 1.90. The lowest BCUT2D eigenvalue weighted by Crippen LogP contribution is -2.27. The first-order valence-electron chi connectivity index (χ1n) is 9.11.